The van der Waals surface area contributed by atoms with Crippen molar-refractivity contribution in [3.8, 4) is 5.75 Å². The normalized spacial score (nSPS) is 17.2. The summed E-state index contributed by atoms with van der Waals surface area (Å²) in [7, 11) is 1.66. The first-order valence-corrected chi connectivity index (χ1v) is 6.01. The Bertz CT molecular complexity index is 333. The molecule has 0 unspecified atom stereocenters. The molecule has 0 aliphatic carbocycles. The average Bonchev–Trinajstić information content (AvgIpc) is 2.40. The predicted molar refractivity (Wildman–Crippen MR) is 68.5 cm³/mol. The molecular weight excluding hydrogens is 216 g/mol. The van der Waals surface area contributed by atoms with E-state index in [4.69, 9.17) is 10.5 Å². The van der Waals surface area contributed by atoms with Crippen LogP contribution in [0.15, 0.2) is 18.3 Å². The van der Waals surface area contributed by atoms with Crippen LogP contribution >= 0.6 is 0 Å². The number of hydrogen-bond acceptors (Lipinski definition) is 5. The van der Waals surface area contributed by atoms with Gasteiger partial charge in [-0.2, -0.15) is 0 Å². The minimum absolute atomic E-state index is 0.737. The Hall–Kier alpha value is -1.33. The van der Waals surface area contributed by atoms with Crippen LogP contribution in [-0.4, -0.2) is 56.3 Å². The highest BCUT2D eigenvalue weighted by molar-refractivity contribution is 5.41. The molecule has 0 radical (unpaired) electrons. The van der Waals surface area contributed by atoms with Crippen LogP contribution in [0, 0.1) is 0 Å². The van der Waals surface area contributed by atoms with Crippen molar-refractivity contribution in [1.29, 1.82) is 0 Å². The van der Waals surface area contributed by atoms with Crippen LogP contribution in [0.5, 0.6) is 5.75 Å². The highest BCUT2D eigenvalue weighted by Gasteiger charge is 2.16. The Kier molecular flexibility index (Phi) is 4.17. The van der Waals surface area contributed by atoms with Gasteiger partial charge in [0.15, 0.2) is 0 Å². The monoisotopic (exact) mass is 236 g/mol. The maximum absolute atomic E-state index is 5.56. The molecule has 1 aromatic heterocycles. The SMILES string of the molecule is COc1ccc(N2CCN(CCN)CC2)nc1. The number of aromatic nitrogens is 1. The van der Waals surface area contributed by atoms with Crippen molar-refractivity contribution in [1.82, 2.24) is 9.88 Å². The van der Waals surface area contributed by atoms with Gasteiger partial charge in [-0.3, -0.25) is 4.90 Å². The van der Waals surface area contributed by atoms with Gasteiger partial charge in [-0.25, -0.2) is 4.98 Å². The molecule has 0 bridgehead atoms. The molecule has 17 heavy (non-hydrogen) atoms. The van der Waals surface area contributed by atoms with E-state index >= 15 is 0 Å². The standard InChI is InChI=1S/C12H20N4O/c1-17-11-2-3-12(14-10-11)16-8-6-15(5-4-13)7-9-16/h2-3,10H,4-9,13H2,1H3. The molecule has 1 fully saturated rings. The highest BCUT2D eigenvalue weighted by atomic mass is 16.5. The van der Waals surface area contributed by atoms with Gasteiger partial charge in [0.25, 0.3) is 0 Å². The Labute approximate surface area is 102 Å². The van der Waals surface area contributed by atoms with Crippen molar-refractivity contribution in [3.63, 3.8) is 0 Å². The summed E-state index contributed by atoms with van der Waals surface area (Å²) in [6.07, 6.45) is 1.77. The third kappa shape index (κ3) is 3.08. The summed E-state index contributed by atoms with van der Waals surface area (Å²) in [5, 5.41) is 0. The van der Waals surface area contributed by atoms with Gasteiger partial charge in [0.1, 0.15) is 11.6 Å². The Morgan fingerprint density at radius 1 is 1.29 bits per heavy atom. The second-order valence-corrected chi connectivity index (χ2v) is 4.17. The zero-order valence-corrected chi connectivity index (χ0v) is 10.3. The first-order chi connectivity index (χ1) is 8.33. The summed E-state index contributed by atoms with van der Waals surface area (Å²) in [5.74, 6) is 1.83. The van der Waals surface area contributed by atoms with E-state index in [2.05, 4.69) is 14.8 Å². The van der Waals surface area contributed by atoms with Crippen molar-refractivity contribution >= 4 is 5.82 Å². The molecule has 5 heteroatoms. The maximum Gasteiger partial charge on any atom is 0.137 e. The number of nitrogens with zero attached hydrogens (tertiary/aromatic N) is 3. The molecule has 2 rings (SSSR count). The zero-order valence-electron chi connectivity index (χ0n) is 10.3. The molecular formula is C12H20N4O. The Morgan fingerprint density at radius 3 is 2.59 bits per heavy atom. The minimum atomic E-state index is 0.737. The van der Waals surface area contributed by atoms with E-state index < -0.39 is 0 Å². The van der Waals surface area contributed by atoms with Crippen molar-refractivity contribution in [2.24, 2.45) is 5.73 Å². The molecule has 1 aromatic rings. The van der Waals surface area contributed by atoms with E-state index in [1.165, 1.54) is 0 Å². The topological polar surface area (TPSA) is 54.6 Å². The van der Waals surface area contributed by atoms with E-state index in [0.29, 0.717) is 0 Å². The molecule has 0 aromatic carbocycles. The lowest BCUT2D eigenvalue weighted by Gasteiger charge is -2.35. The number of piperazine rings is 1. The van der Waals surface area contributed by atoms with E-state index in [1.54, 1.807) is 13.3 Å². The predicted octanol–water partition coefficient (Wildman–Crippen LogP) is 0.171. The van der Waals surface area contributed by atoms with Crippen LogP contribution in [0.3, 0.4) is 0 Å². The molecule has 0 amide bonds. The maximum atomic E-state index is 5.56. The van der Waals surface area contributed by atoms with Crippen LogP contribution in [0.25, 0.3) is 0 Å². The van der Waals surface area contributed by atoms with Gasteiger partial charge in [0.05, 0.1) is 13.3 Å². The Balaban J connectivity index is 1.91. The van der Waals surface area contributed by atoms with Crippen LogP contribution in [0.2, 0.25) is 0 Å². The number of nitrogens with two attached hydrogens (primary N) is 1. The quantitative estimate of drug-likeness (QED) is 0.807. The fraction of sp³-hybridized carbons (Fsp3) is 0.583. The molecule has 94 valence electrons. The third-order valence-electron chi connectivity index (χ3n) is 3.10. The van der Waals surface area contributed by atoms with Crippen LogP contribution < -0.4 is 15.4 Å². The van der Waals surface area contributed by atoms with Crippen molar-refractivity contribution in [2.45, 2.75) is 0 Å². The van der Waals surface area contributed by atoms with Crippen molar-refractivity contribution in [2.75, 3.05) is 51.3 Å². The first-order valence-electron chi connectivity index (χ1n) is 6.01. The summed E-state index contributed by atoms with van der Waals surface area (Å²) in [4.78, 5) is 9.09. The molecule has 1 saturated heterocycles. The van der Waals surface area contributed by atoms with E-state index in [0.717, 1.165) is 50.8 Å². The first kappa shape index (κ1) is 12.1. The van der Waals surface area contributed by atoms with Gasteiger partial charge in [0.2, 0.25) is 0 Å². The summed E-state index contributed by atoms with van der Waals surface area (Å²) in [6.45, 7) is 5.87. The summed E-state index contributed by atoms with van der Waals surface area (Å²) in [5.41, 5.74) is 5.56. The van der Waals surface area contributed by atoms with Gasteiger partial charge < -0.3 is 15.4 Å². The molecule has 0 atom stereocenters. The molecule has 0 saturated carbocycles. The summed E-state index contributed by atoms with van der Waals surface area (Å²) >= 11 is 0. The minimum Gasteiger partial charge on any atom is -0.495 e. The fourth-order valence-electron chi connectivity index (χ4n) is 2.06. The second-order valence-electron chi connectivity index (χ2n) is 4.17. The smallest absolute Gasteiger partial charge is 0.137 e. The summed E-state index contributed by atoms with van der Waals surface area (Å²) in [6, 6.07) is 3.96. The second kappa shape index (κ2) is 5.84. The lowest BCUT2D eigenvalue weighted by molar-refractivity contribution is 0.264. The van der Waals surface area contributed by atoms with Gasteiger partial charge >= 0.3 is 0 Å². The molecule has 2 N–H and O–H groups in total. The number of rotatable bonds is 4. The van der Waals surface area contributed by atoms with Crippen LogP contribution in [0.1, 0.15) is 0 Å². The summed E-state index contributed by atoms with van der Waals surface area (Å²) < 4.78 is 5.10. The molecule has 1 aliphatic heterocycles. The van der Waals surface area contributed by atoms with Gasteiger partial charge in [-0.15, -0.1) is 0 Å². The number of hydrogen-bond donors (Lipinski definition) is 1. The van der Waals surface area contributed by atoms with Crippen LogP contribution in [-0.2, 0) is 0 Å². The molecule has 0 spiro atoms. The average molecular weight is 236 g/mol. The van der Waals surface area contributed by atoms with E-state index in [9.17, 15) is 0 Å². The van der Waals surface area contributed by atoms with Gasteiger partial charge in [-0.1, -0.05) is 0 Å². The highest BCUT2D eigenvalue weighted by Crippen LogP contribution is 2.16. The molecule has 1 aliphatic rings. The van der Waals surface area contributed by atoms with E-state index in [-0.39, 0.29) is 0 Å². The largest absolute Gasteiger partial charge is 0.495 e. The molecule has 2 heterocycles. The molecule has 5 nitrogen and oxygen atoms in total. The van der Waals surface area contributed by atoms with Crippen molar-refractivity contribution in [3.05, 3.63) is 18.3 Å². The number of ether oxygens (including phenoxy) is 1. The number of pyridine rings is 1. The number of methoxy groups -OCH3 is 1. The fourth-order valence-corrected chi connectivity index (χ4v) is 2.06. The van der Waals surface area contributed by atoms with Gasteiger partial charge in [0, 0.05) is 39.3 Å². The number of anilines is 1. The lowest BCUT2D eigenvalue weighted by atomic mass is 10.3. The lowest BCUT2D eigenvalue weighted by Crippen LogP contribution is -2.48. The van der Waals surface area contributed by atoms with Crippen LogP contribution in [0.4, 0.5) is 5.82 Å². The zero-order chi connectivity index (χ0) is 12.1. The van der Waals surface area contributed by atoms with E-state index in [1.807, 2.05) is 12.1 Å². The van der Waals surface area contributed by atoms with Crippen molar-refractivity contribution < 1.29 is 4.74 Å². The Morgan fingerprint density at radius 2 is 2.06 bits per heavy atom. The third-order valence-corrected chi connectivity index (χ3v) is 3.10. The van der Waals surface area contributed by atoms with Gasteiger partial charge in [-0.05, 0) is 12.1 Å².